The lowest BCUT2D eigenvalue weighted by Gasteiger charge is -2.32. The zero-order valence-electron chi connectivity index (χ0n) is 14.1. The van der Waals surface area contributed by atoms with Crippen molar-refractivity contribution in [2.24, 2.45) is 0 Å². The van der Waals surface area contributed by atoms with Gasteiger partial charge in [0.15, 0.2) is 6.04 Å². The Morgan fingerprint density at radius 1 is 1.13 bits per heavy atom. The Morgan fingerprint density at radius 2 is 1.78 bits per heavy atom. The summed E-state index contributed by atoms with van der Waals surface area (Å²) in [6.07, 6.45) is 6.05. The molecular weight excluding hydrogens is 288 g/mol. The molecule has 1 saturated carbocycles. The van der Waals surface area contributed by atoms with Crippen molar-refractivity contribution in [1.82, 2.24) is 5.32 Å². The van der Waals surface area contributed by atoms with Gasteiger partial charge >= 0.3 is 0 Å². The minimum atomic E-state index is -0.110. The van der Waals surface area contributed by atoms with Crippen LogP contribution in [0.3, 0.4) is 0 Å². The van der Waals surface area contributed by atoms with Gasteiger partial charge in [0.05, 0.1) is 13.2 Å². The quantitative estimate of drug-likeness (QED) is 0.881. The third-order valence-corrected chi connectivity index (χ3v) is 5.17. The Labute approximate surface area is 139 Å². The number of amides is 1. The van der Waals surface area contributed by atoms with Crippen LogP contribution in [-0.2, 0) is 9.53 Å². The summed E-state index contributed by atoms with van der Waals surface area (Å²) in [6.45, 7) is 5.37. The predicted octanol–water partition coefficient (Wildman–Crippen LogP) is 1.40. The van der Waals surface area contributed by atoms with E-state index in [1.54, 1.807) is 0 Å². The summed E-state index contributed by atoms with van der Waals surface area (Å²) >= 11 is 0. The van der Waals surface area contributed by atoms with Crippen LogP contribution in [0.25, 0.3) is 0 Å². The zero-order valence-corrected chi connectivity index (χ0v) is 14.1. The molecule has 0 spiro atoms. The van der Waals surface area contributed by atoms with Crippen molar-refractivity contribution in [3.63, 3.8) is 0 Å². The minimum absolute atomic E-state index is 0.110. The number of hydrogen-bond acceptors (Lipinski definition) is 2. The number of carbonyl (C=O) groups excluding carboxylic acids is 1. The third kappa shape index (κ3) is 4.33. The number of ether oxygens (including phenoxy) is 1. The molecule has 0 radical (unpaired) electrons. The first-order valence-electron chi connectivity index (χ1n) is 9.03. The molecule has 1 saturated heterocycles. The molecule has 4 nitrogen and oxygen atoms in total. The van der Waals surface area contributed by atoms with Crippen molar-refractivity contribution in [3.8, 4) is 0 Å². The van der Waals surface area contributed by atoms with Gasteiger partial charge in [0, 0.05) is 11.6 Å². The second-order valence-electron chi connectivity index (χ2n) is 6.96. The molecule has 1 heterocycles. The van der Waals surface area contributed by atoms with Crippen LogP contribution in [0.1, 0.15) is 49.3 Å². The molecule has 1 atom stereocenters. The molecule has 0 bridgehead atoms. The van der Waals surface area contributed by atoms with E-state index in [0.717, 1.165) is 44.7 Å². The van der Waals surface area contributed by atoms with E-state index >= 15 is 0 Å². The molecule has 2 fully saturated rings. The average molecular weight is 317 g/mol. The molecule has 2 aliphatic rings. The second kappa shape index (κ2) is 7.93. The van der Waals surface area contributed by atoms with Gasteiger partial charge in [0.2, 0.25) is 0 Å². The summed E-state index contributed by atoms with van der Waals surface area (Å²) in [5, 5.41) is 3.33. The van der Waals surface area contributed by atoms with Crippen molar-refractivity contribution in [2.45, 2.75) is 51.1 Å². The molecule has 1 unspecified atom stereocenters. The Bertz CT molecular complexity index is 503. The Hall–Kier alpha value is -1.39. The van der Waals surface area contributed by atoms with E-state index in [1.807, 2.05) is 0 Å². The summed E-state index contributed by atoms with van der Waals surface area (Å²) in [5.41, 5.74) is 2.36. The smallest absolute Gasteiger partial charge is 0.283 e. The molecule has 1 aromatic rings. The third-order valence-electron chi connectivity index (χ3n) is 5.17. The highest BCUT2D eigenvalue weighted by molar-refractivity contribution is 5.82. The van der Waals surface area contributed by atoms with E-state index in [9.17, 15) is 4.79 Å². The van der Waals surface area contributed by atoms with Crippen molar-refractivity contribution in [2.75, 3.05) is 26.3 Å². The van der Waals surface area contributed by atoms with Crippen molar-refractivity contribution in [1.29, 1.82) is 0 Å². The van der Waals surface area contributed by atoms with Gasteiger partial charge in [-0.15, -0.1) is 0 Å². The molecule has 126 valence electrons. The number of morpholine rings is 1. The monoisotopic (exact) mass is 317 g/mol. The lowest BCUT2D eigenvalue weighted by Crippen LogP contribution is -3.15. The van der Waals surface area contributed by atoms with Gasteiger partial charge < -0.3 is 15.0 Å². The fourth-order valence-corrected chi connectivity index (χ4v) is 3.79. The van der Waals surface area contributed by atoms with Crippen LogP contribution in [0.4, 0.5) is 0 Å². The van der Waals surface area contributed by atoms with Crippen LogP contribution in [0, 0.1) is 6.92 Å². The number of benzene rings is 1. The van der Waals surface area contributed by atoms with Crippen LogP contribution >= 0.6 is 0 Å². The Balaban J connectivity index is 1.75. The molecule has 23 heavy (non-hydrogen) atoms. The van der Waals surface area contributed by atoms with Crippen molar-refractivity contribution in [3.05, 3.63) is 35.4 Å². The molecule has 3 rings (SSSR count). The number of rotatable bonds is 4. The highest BCUT2D eigenvalue weighted by atomic mass is 16.5. The summed E-state index contributed by atoms with van der Waals surface area (Å²) in [6, 6.07) is 8.70. The van der Waals surface area contributed by atoms with Gasteiger partial charge in [-0.1, -0.05) is 49.1 Å². The highest BCUT2D eigenvalue weighted by Gasteiger charge is 2.34. The van der Waals surface area contributed by atoms with E-state index in [2.05, 4.69) is 36.5 Å². The van der Waals surface area contributed by atoms with Gasteiger partial charge in [-0.05, 0) is 19.8 Å². The maximum absolute atomic E-state index is 13.0. The van der Waals surface area contributed by atoms with Crippen LogP contribution < -0.4 is 10.2 Å². The zero-order chi connectivity index (χ0) is 16.1. The summed E-state index contributed by atoms with van der Waals surface area (Å²) in [4.78, 5) is 14.4. The summed E-state index contributed by atoms with van der Waals surface area (Å²) in [7, 11) is 0. The van der Waals surface area contributed by atoms with Gasteiger partial charge in [0.1, 0.15) is 13.1 Å². The largest absolute Gasteiger partial charge is 0.370 e. The average Bonchev–Trinajstić information content (AvgIpc) is 2.59. The fourth-order valence-electron chi connectivity index (χ4n) is 3.79. The van der Waals surface area contributed by atoms with Gasteiger partial charge in [-0.25, -0.2) is 0 Å². The summed E-state index contributed by atoms with van der Waals surface area (Å²) in [5.74, 6) is 0.192. The molecule has 1 amide bonds. The first-order valence-corrected chi connectivity index (χ1v) is 9.03. The van der Waals surface area contributed by atoms with E-state index in [1.165, 1.54) is 29.7 Å². The Morgan fingerprint density at radius 3 is 2.43 bits per heavy atom. The molecule has 0 aromatic heterocycles. The molecule has 4 heteroatoms. The number of aryl methyl sites for hydroxylation is 1. The van der Waals surface area contributed by atoms with Gasteiger partial charge in [0.25, 0.3) is 5.91 Å². The second-order valence-corrected chi connectivity index (χ2v) is 6.96. The molecular formula is C19H29N2O2+. The number of quaternary nitrogens is 1. The van der Waals surface area contributed by atoms with Crippen molar-refractivity contribution < 1.29 is 14.4 Å². The Kier molecular flexibility index (Phi) is 5.68. The fraction of sp³-hybridized carbons (Fsp3) is 0.632. The van der Waals surface area contributed by atoms with Gasteiger partial charge in [-0.3, -0.25) is 4.79 Å². The molecule has 1 aliphatic carbocycles. The topological polar surface area (TPSA) is 42.8 Å². The molecule has 2 N–H and O–H groups in total. The number of carbonyl (C=O) groups is 1. The maximum atomic E-state index is 13.0. The number of hydrogen-bond donors (Lipinski definition) is 2. The first-order chi connectivity index (χ1) is 11.2. The van der Waals surface area contributed by atoms with Crippen LogP contribution in [0.5, 0.6) is 0 Å². The lowest BCUT2D eigenvalue weighted by atomic mass is 9.94. The van der Waals surface area contributed by atoms with E-state index in [0.29, 0.717) is 6.04 Å². The standard InChI is InChI=1S/C19H28N2O2/c1-15-7-9-16(10-8-15)18(21-11-13-23-14-12-21)19(22)20-17-5-3-2-4-6-17/h7-10,17-18H,2-6,11-14H2,1H3,(H,20,22)/p+1. The van der Waals surface area contributed by atoms with Crippen LogP contribution in [-0.4, -0.2) is 38.3 Å². The van der Waals surface area contributed by atoms with E-state index < -0.39 is 0 Å². The number of nitrogens with one attached hydrogen (secondary N) is 2. The van der Waals surface area contributed by atoms with Crippen LogP contribution in [0.2, 0.25) is 0 Å². The minimum Gasteiger partial charge on any atom is -0.370 e. The van der Waals surface area contributed by atoms with Gasteiger partial charge in [-0.2, -0.15) is 0 Å². The maximum Gasteiger partial charge on any atom is 0.283 e. The lowest BCUT2D eigenvalue weighted by molar-refractivity contribution is -0.929. The highest BCUT2D eigenvalue weighted by Crippen LogP contribution is 2.19. The van der Waals surface area contributed by atoms with Crippen LogP contribution in [0.15, 0.2) is 24.3 Å². The van der Waals surface area contributed by atoms with E-state index in [4.69, 9.17) is 4.74 Å². The first kappa shape index (κ1) is 16.5. The summed E-state index contributed by atoms with van der Waals surface area (Å²) < 4.78 is 5.48. The van der Waals surface area contributed by atoms with E-state index in [-0.39, 0.29) is 11.9 Å². The molecule has 1 aromatic carbocycles. The molecule has 1 aliphatic heterocycles. The normalized spacial score (nSPS) is 21.8. The predicted molar refractivity (Wildman–Crippen MR) is 90.5 cm³/mol. The SMILES string of the molecule is Cc1ccc(C(C(=O)NC2CCCCC2)[NH+]2CCOCC2)cc1. The van der Waals surface area contributed by atoms with Crippen molar-refractivity contribution >= 4 is 5.91 Å².